The van der Waals surface area contributed by atoms with Gasteiger partial charge in [0.15, 0.2) is 0 Å². The minimum absolute atomic E-state index is 0.0937. The smallest absolute Gasteiger partial charge is 0.255 e. The Morgan fingerprint density at radius 3 is 2.96 bits per heavy atom. The normalized spacial score (nSPS) is 14.5. The number of aromatic nitrogens is 1. The number of aryl methyl sites for hydroxylation is 1. The molecule has 0 saturated carbocycles. The van der Waals surface area contributed by atoms with E-state index in [4.69, 9.17) is 4.42 Å². The number of fused-ring (bicyclic) bond motifs is 2. The zero-order valence-electron chi connectivity index (χ0n) is 13.5. The standard InChI is InChI=1S/C19H18N2O3/c1-12-17(14-5-2-3-6-15(14)20-18(12)22)19(23)21-9-4-7-16-13(11-21)8-10-24-16/h2-3,5-6,8,10H,4,7,9,11H2,1H3,(H,20,22). The van der Waals surface area contributed by atoms with Gasteiger partial charge in [-0.3, -0.25) is 9.59 Å². The largest absolute Gasteiger partial charge is 0.469 e. The van der Waals surface area contributed by atoms with Crippen molar-refractivity contribution in [3.63, 3.8) is 0 Å². The second-order valence-corrected chi connectivity index (χ2v) is 6.20. The third kappa shape index (κ3) is 2.33. The molecule has 3 heterocycles. The SMILES string of the molecule is Cc1c(C(=O)N2CCCc3occc3C2)c2ccccc2[nH]c1=O. The average molecular weight is 322 g/mol. The lowest BCUT2D eigenvalue weighted by Gasteiger charge is -2.22. The zero-order valence-corrected chi connectivity index (χ0v) is 13.5. The number of H-pyrrole nitrogens is 1. The first-order valence-corrected chi connectivity index (χ1v) is 8.11. The van der Waals surface area contributed by atoms with Crippen LogP contribution in [0.1, 0.15) is 33.7 Å². The second-order valence-electron chi connectivity index (χ2n) is 6.20. The van der Waals surface area contributed by atoms with E-state index in [9.17, 15) is 9.59 Å². The number of pyridine rings is 1. The molecule has 0 spiro atoms. The highest BCUT2D eigenvalue weighted by atomic mass is 16.3. The van der Waals surface area contributed by atoms with Gasteiger partial charge in [-0.15, -0.1) is 0 Å². The van der Waals surface area contributed by atoms with Gasteiger partial charge in [0.25, 0.3) is 11.5 Å². The molecule has 0 fully saturated rings. The van der Waals surface area contributed by atoms with Gasteiger partial charge in [0.2, 0.25) is 0 Å². The van der Waals surface area contributed by atoms with Gasteiger partial charge in [0, 0.05) is 41.5 Å². The maximum atomic E-state index is 13.2. The van der Waals surface area contributed by atoms with Gasteiger partial charge in [-0.25, -0.2) is 0 Å². The fourth-order valence-electron chi connectivity index (χ4n) is 3.39. The summed E-state index contributed by atoms with van der Waals surface area (Å²) in [5.74, 6) is 0.863. The fourth-order valence-corrected chi connectivity index (χ4v) is 3.39. The van der Waals surface area contributed by atoms with Crippen LogP contribution in [-0.2, 0) is 13.0 Å². The molecule has 0 unspecified atom stereocenters. The maximum absolute atomic E-state index is 13.2. The van der Waals surface area contributed by atoms with E-state index in [2.05, 4.69) is 4.98 Å². The topological polar surface area (TPSA) is 66.3 Å². The molecule has 24 heavy (non-hydrogen) atoms. The van der Waals surface area contributed by atoms with E-state index in [-0.39, 0.29) is 11.5 Å². The molecular formula is C19H18N2O3. The first kappa shape index (κ1) is 14.8. The fraction of sp³-hybridized carbons (Fsp3) is 0.263. The molecule has 5 heteroatoms. The highest BCUT2D eigenvalue weighted by molar-refractivity contribution is 6.07. The second kappa shape index (κ2) is 5.67. The summed E-state index contributed by atoms with van der Waals surface area (Å²) in [5.41, 5.74) is 2.50. The minimum Gasteiger partial charge on any atom is -0.469 e. The van der Waals surface area contributed by atoms with E-state index >= 15 is 0 Å². The van der Waals surface area contributed by atoms with E-state index in [1.165, 1.54) is 0 Å². The molecule has 1 N–H and O–H groups in total. The van der Waals surface area contributed by atoms with Crippen molar-refractivity contribution in [2.24, 2.45) is 0 Å². The molecule has 0 bridgehead atoms. The Hall–Kier alpha value is -2.82. The van der Waals surface area contributed by atoms with Gasteiger partial charge in [-0.1, -0.05) is 18.2 Å². The number of carbonyl (C=O) groups is 1. The number of carbonyl (C=O) groups excluding carboxylic acids is 1. The lowest BCUT2D eigenvalue weighted by molar-refractivity contribution is 0.0747. The highest BCUT2D eigenvalue weighted by Gasteiger charge is 2.25. The number of rotatable bonds is 1. The number of benzene rings is 1. The summed E-state index contributed by atoms with van der Waals surface area (Å²) in [6, 6.07) is 9.36. The maximum Gasteiger partial charge on any atom is 0.255 e. The predicted octanol–water partition coefficient (Wildman–Crippen LogP) is 3.02. The van der Waals surface area contributed by atoms with Crippen LogP contribution in [0.15, 0.2) is 45.8 Å². The van der Waals surface area contributed by atoms with Gasteiger partial charge in [0.05, 0.1) is 11.8 Å². The Labute approximate surface area is 138 Å². The van der Waals surface area contributed by atoms with Crippen molar-refractivity contribution in [1.29, 1.82) is 0 Å². The average Bonchev–Trinajstić information content (AvgIpc) is 2.92. The predicted molar refractivity (Wildman–Crippen MR) is 91.1 cm³/mol. The van der Waals surface area contributed by atoms with E-state index < -0.39 is 0 Å². The van der Waals surface area contributed by atoms with E-state index in [1.807, 2.05) is 35.2 Å². The van der Waals surface area contributed by atoms with Crippen LogP contribution in [0.2, 0.25) is 0 Å². The highest BCUT2D eigenvalue weighted by Crippen LogP contribution is 2.24. The van der Waals surface area contributed by atoms with Crippen LogP contribution < -0.4 is 5.56 Å². The molecule has 0 radical (unpaired) electrons. The van der Waals surface area contributed by atoms with Crippen molar-refractivity contribution in [3.05, 3.63) is 69.4 Å². The van der Waals surface area contributed by atoms with Crippen LogP contribution in [0.5, 0.6) is 0 Å². The van der Waals surface area contributed by atoms with Crippen LogP contribution in [-0.4, -0.2) is 22.3 Å². The summed E-state index contributed by atoms with van der Waals surface area (Å²) >= 11 is 0. The van der Waals surface area contributed by atoms with Crippen molar-refractivity contribution in [3.8, 4) is 0 Å². The summed E-state index contributed by atoms with van der Waals surface area (Å²) in [7, 11) is 0. The quantitative estimate of drug-likeness (QED) is 0.749. The monoisotopic (exact) mass is 322 g/mol. The molecule has 3 aromatic rings. The third-order valence-corrected chi connectivity index (χ3v) is 4.69. The molecule has 1 amide bonds. The Morgan fingerprint density at radius 2 is 2.08 bits per heavy atom. The molecule has 1 aliphatic rings. The number of furan rings is 1. The van der Waals surface area contributed by atoms with Gasteiger partial charge < -0.3 is 14.3 Å². The molecule has 122 valence electrons. The van der Waals surface area contributed by atoms with Crippen LogP contribution >= 0.6 is 0 Å². The molecule has 5 nitrogen and oxygen atoms in total. The molecule has 1 aromatic carbocycles. The summed E-state index contributed by atoms with van der Waals surface area (Å²) in [4.78, 5) is 30.1. The first-order valence-electron chi connectivity index (χ1n) is 8.11. The van der Waals surface area contributed by atoms with Crippen molar-refractivity contribution < 1.29 is 9.21 Å². The van der Waals surface area contributed by atoms with E-state index in [1.54, 1.807) is 13.2 Å². The Balaban J connectivity index is 1.81. The number of nitrogens with zero attached hydrogens (tertiary/aromatic N) is 1. The molecule has 2 aromatic heterocycles. The van der Waals surface area contributed by atoms with Crippen molar-refractivity contribution in [2.45, 2.75) is 26.3 Å². The van der Waals surface area contributed by atoms with Crippen LogP contribution in [0, 0.1) is 6.92 Å². The zero-order chi connectivity index (χ0) is 16.7. The molecule has 4 rings (SSSR count). The number of hydrogen-bond acceptors (Lipinski definition) is 3. The summed E-state index contributed by atoms with van der Waals surface area (Å²) in [6.45, 7) is 2.88. The molecule has 0 aliphatic carbocycles. The van der Waals surface area contributed by atoms with Gasteiger partial charge in [-0.2, -0.15) is 0 Å². The van der Waals surface area contributed by atoms with Crippen LogP contribution in [0.25, 0.3) is 10.9 Å². The number of para-hydroxylation sites is 1. The van der Waals surface area contributed by atoms with Crippen LogP contribution in [0.3, 0.4) is 0 Å². The Morgan fingerprint density at radius 1 is 1.25 bits per heavy atom. The lowest BCUT2D eigenvalue weighted by atomic mass is 10.0. The van der Waals surface area contributed by atoms with Crippen LogP contribution in [0.4, 0.5) is 0 Å². The van der Waals surface area contributed by atoms with Gasteiger partial charge in [0.1, 0.15) is 5.76 Å². The molecule has 1 aliphatic heterocycles. The Kier molecular flexibility index (Phi) is 3.49. The summed E-state index contributed by atoms with van der Waals surface area (Å²) < 4.78 is 5.49. The number of nitrogens with one attached hydrogen (secondary N) is 1. The number of amides is 1. The Bertz CT molecular complexity index is 984. The summed E-state index contributed by atoms with van der Waals surface area (Å²) in [6.07, 6.45) is 3.36. The van der Waals surface area contributed by atoms with E-state index in [0.717, 1.165) is 29.6 Å². The van der Waals surface area contributed by atoms with Crippen molar-refractivity contribution in [1.82, 2.24) is 9.88 Å². The lowest BCUT2D eigenvalue weighted by Crippen LogP contribution is -2.32. The third-order valence-electron chi connectivity index (χ3n) is 4.69. The van der Waals surface area contributed by atoms with E-state index in [0.29, 0.717) is 29.7 Å². The molecule has 0 atom stereocenters. The summed E-state index contributed by atoms with van der Waals surface area (Å²) in [5, 5.41) is 0.788. The molecule has 0 saturated heterocycles. The number of aromatic amines is 1. The van der Waals surface area contributed by atoms with Gasteiger partial charge in [-0.05, 0) is 25.5 Å². The first-order chi connectivity index (χ1) is 11.6. The van der Waals surface area contributed by atoms with Crippen molar-refractivity contribution in [2.75, 3.05) is 6.54 Å². The minimum atomic E-state index is -0.212. The molecular weight excluding hydrogens is 304 g/mol. The number of hydrogen-bond donors (Lipinski definition) is 1. The van der Waals surface area contributed by atoms with Crippen molar-refractivity contribution >= 4 is 16.8 Å². The van der Waals surface area contributed by atoms with Gasteiger partial charge >= 0.3 is 0 Å².